The summed E-state index contributed by atoms with van der Waals surface area (Å²) >= 11 is 0. The fraction of sp³-hybridized carbons (Fsp3) is 0.273. The average Bonchev–Trinajstić information content (AvgIpc) is 2.19. The molecule has 2 N–H and O–H groups in total. The molecule has 4 nitrogen and oxygen atoms in total. The Morgan fingerprint density at radius 2 is 1.93 bits per heavy atom. The Morgan fingerprint density at radius 3 is 2.47 bits per heavy atom. The summed E-state index contributed by atoms with van der Waals surface area (Å²) in [4.78, 5) is 22.4. The second-order valence-electron chi connectivity index (χ2n) is 3.31. The summed E-state index contributed by atoms with van der Waals surface area (Å²) < 4.78 is 0. The van der Waals surface area contributed by atoms with Crippen LogP contribution < -0.4 is 10.6 Å². The third-order valence-corrected chi connectivity index (χ3v) is 1.96. The summed E-state index contributed by atoms with van der Waals surface area (Å²) in [7, 11) is 1.56. The maximum Gasteiger partial charge on any atom is 0.253 e. The molecule has 1 aromatic carbocycles. The number of nitrogens with one attached hydrogen (secondary N) is 2. The molecule has 1 rings (SSSR count). The molecule has 0 aliphatic heterocycles. The molecule has 0 aliphatic carbocycles. The van der Waals surface area contributed by atoms with Gasteiger partial charge in [0.25, 0.3) is 5.91 Å². The van der Waals surface area contributed by atoms with Crippen LogP contribution in [-0.4, -0.2) is 18.9 Å². The van der Waals surface area contributed by atoms with Gasteiger partial charge in [-0.2, -0.15) is 0 Å². The molecule has 0 fully saturated rings. The lowest BCUT2D eigenvalue weighted by atomic mass is 10.1. The van der Waals surface area contributed by atoms with Gasteiger partial charge >= 0.3 is 0 Å². The Labute approximate surface area is 88.7 Å². The summed E-state index contributed by atoms with van der Waals surface area (Å²) in [5.41, 5.74) is 1.99. The third-order valence-electron chi connectivity index (χ3n) is 1.96. The second kappa shape index (κ2) is 4.59. The van der Waals surface area contributed by atoms with Crippen molar-refractivity contribution in [1.29, 1.82) is 0 Å². The van der Waals surface area contributed by atoms with Crippen LogP contribution in [0.4, 0.5) is 5.69 Å². The number of carbonyl (C=O) groups is 2. The van der Waals surface area contributed by atoms with Crippen molar-refractivity contribution >= 4 is 17.5 Å². The molecular weight excluding hydrogens is 192 g/mol. The maximum absolute atomic E-state index is 11.5. The van der Waals surface area contributed by atoms with Crippen LogP contribution in [0, 0.1) is 6.92 Å². The van der Waals surface area contributed by atoms with E-state index in [9.17, 15) is 9.59 Å². The number of rotatable bonds is 2. The van der Waals surface area contributed by atoms with Gasteiger partial charge in [-0.1, -0.05) is 11.6 Å². The number of benzene rings is 1. The minimum Gasteiger partial charge on any atom is -0.355 e. The Balaban J connectivity index is 3.14. The first kappa shape index (κ1) is 11.2. The van der Waals surface area contributed by atoms with Crippen LogP contribution in [-0.2, 0) is 4.79 Å². The van der Waals surface area contributed by atoms with E-state index in [1.807, 2.05) is 13.0 Å². The van der Waals surface area contributed by atoms with Crippen LogP contribution in [0.2, 0.25) is 0 Å². The number of hydrogen-bond donors (Lipinski definition) is 2. The zero-order valence-corrected chi connectivity index (χ0v) is 9.05. The Morgan fingerprint density at radius 1 is 1.27 bits per heavy atom. The molecule has 0 aromatic heterocycles. The lowest BCUT2D eigenvalue weighted by Gasteiger charge is -2.09. The summed E-state index contributed by atoms with van der Waals surface area (Å²) in [5.74, 6) is -0.397. The highest BCUT2D eigenvalue weighted by Crippen LogP contribution is 2.17. The van der Waals surface area contributed by atoms with Crippen molar-refractivity contribution in [1.82, 2.24) is 5.32 Å². The smallest absolute Gasteiger partial charge is 0.253 e. The van der Waals surface area contributed by atoms with Crippen LogP contribution >= 0.6 is 0 Å². The minimum atomic E-state index is -0.206. The van der Waals surface area contributed by atoms with E-state index in [0.29, 0.717) is 11.3 Å². The summed E-state index contributed by atoms with van der Waals surface area (Å²) in [5, 5.41) is 5.15. The van der Waals surface area contributed by atoms with Gasteiger partial charge < -0.3 is 10.6 Å². The lowest BCUT2D eigenvalue weighted by molar-refractivity contribution is -0.114. The molecule has 80 valence electrons. The summed E-state index contributed by atoms with van der Waals surface area (Å²) in [6.07, 6.45) is 0. The molecule has 0 bridgehead atoms. The molecule has 2 amide bonds. The lowest BCUT2D eigenvalue weighted by Crippen LogP contribution is -2.20. The monoisotopic (exact) mass is 206 g/mol. The molecule has 0 saturated carbocycles. The number of amides is 2. The molecule has 0 atom stereocenters. The molecule has 0 radical (unpaired) electrons. The number of carbonyl (C=O) groups excluding carboxylic acids is 2. The van der Waals surface area contributed by atoms with Gasteiger partial charge in [0.1, 0.15) is 0 Å². The molecular formula is C11H14N2O2. The van der Waals surface area contributed by atoms with E-state index in [1.165, 1.54) is 6.92 Å². The number of aryl methyl sites for hydroxylation is 1. The van der Waals surface area contributed by atoms with E-state index in [0.717, 1.165) is 5.56 Å². The van der Waals surface area contributed by atoms with Crippen LogP contribution in [0.25, 0.3) is 0 Å². The second-order valence-corrected chi connectivity index (χ2v) is 3.31. The van der Waals surface area contributed by atoms with Crippen LogP contribution in [0.1, 0.15) is 22.8 Å². The fourth-order valence-corrected chi connectivity index (χ4v) is 1.28. The van der Waals surface area contributed by atoms with Crippen LogP contribution in [0.3, 0.4) is 0 Å². The molecule has 15 heavy (non-hydrogen) atoms. The quantitative estimate of drug-likeness (QED) is 0.766. The van der Waals surface area contributed by atoms with Gasteiger partial charge in [-0.15, -0.1) is 0 Å². The molecule has 0 heterocycles. The Hall–Kier alpha value is -1.84. The van der Waals surface area contributed by atoms with Crippen LogP contribution in [0.5, 0.6) is 0 Å². The fourth-order valence-electron chi connectivity index (χ4n) is 1.28. The van der Waals surface area contributed by atoms with Gasteiger partial charge in [0, 0.05) is 14.0 Å². The van der Waals surface area contributed by atoms with Gasteiger partial charge in [-0.3, -0.25) is 9.59 Å². The third kappa shape index (κ3) is 2.80. The predicted molar refractivity (Wildman–Crippen MR) is 58.9 cm³/mol. The van der Waals surface area contributed by atoms with Gasteiger partial charge in [0.05, 0.1) is 11.3 Å². The van der Waals surface area contributed by atoms with Crippen molar-refractivity contribution in [2.45, 2.75) is 13.8 Å². The van der Waals surface area contributed by atoms with Gasteiger partial charge in [0.15, 0.2) is 0 Å². The first-order chi connectivity index (χ1) is 7.04. The first-order valence-corrected chi connectivity index (χ1v) is 4.65. The van der Waals surface area contributed by atoms with Crippen molar-refractivity contribution in [3.8, 4) is 0 Å². The molecule has 4 heteroatoms. The summed E-state index contributed by atoms with van der Waals surface area (Å²) in [6, 6.07) is 5.31. The SMILES string of the molecule is CNC(=O)c1cc(C)ccc1NC(C)=O. The highest BCUT2D eigenvalue weighted by Gasteiger charge is 2.10. The highest BCUT2D eigenvalue weighted by molar-refractivity contribution is 6.03. The van der Waals surface area contributed by atoms with Gasteiger partial charge in [0.2, 0.25) is 5.91 Å². The van der Waals surface area contributed by atoms with Crippen molar-refractivity contribution in [2.24, 2.45) is 0 Å². The molecule has 0 spiro atoms. The van der Waals surface area contributed by atoms with E-state index in [2.05, 4.69) is 10.6 Å². The van der Waals surface area contributed by atoms with E-state index >= 15 is 0 Å². The van der Waals surface area contributed by atoms with Gasteiger partial charge in [-0.05, 0) is 19.1 Å². The minimum absolute atomic E-state index is 0.191. The van der Waals surface area contributed by atoms with Crippen molar-refractivity contribution in [3.05, 3.63) is 29.3 Å². The van der Waals surface area contributed by atoms with Crippen molar-refractivity contribution in [3.63, 3.8) is 0 Å². The van der Waals surface area contributed by atoms with Crippen molar-refractivity contribution in [2.75, 3.05) is 12.4 Å². The standard InChI is InChI=1S/C11H14N2O2/c1-7-4-5-10(13-8(2)14)9(6-7)11(15)12-3/h4-6H,1-3H3,(H,12,15)(H,13,14). The summed E-state index contributed by atoms with van der Waals surface area (Å²) in [6.45, 7) is 3.30. The average molecular weight is 206 g/mol. The first-order valence-electron chi connectivity index (χ1n) is 4.65. The Bertz CT molecular complexity index is 400. The largest absolute Gasteiger partial charge is 0.355 e. The van der Waals surface area contributed by atoms with E-state index in [4.69, 9.17) is 0 Å². The Kier molecular flexibility index (Phi) is 3.44. The molecule has 1 aromatic rings. The zero-order valence-electron chi connectivity index (χ0n) is 9.05. The van der Waals surface area contributed by atoms with E-state index < -0.39 is 0 Å². The maximum atomic E-state index is 11.5. The predicted octanol–water partition coefficient (Wildman–Crippen LogP) is 1.31. The topological polar surface area (TPSA) is 58.2 Å². The van der Waals surface area contributed by atoms with Crippen LogP contribution in [0.15, 0.2) is 18.2 Å². The number of hydrogen-bond acceptors (Lipinski definition) is 2. The number of anilines is 1. The van der Waals surface area contributed by atoms with Gasteiger partial charge in [-0.25, -0.2) is 0 Å². The normalized spacial score (nSPS) is 9.53. The van der Waals surface area contributed by atoms with Crippen molar-refractivity contribution < 1.29 is 9.59 Å². The molecule has 0 unspecified atom stereocenters. The molecule has 0 saturated heterocycles. The molecule has 0 aliphatic rings. The van der Waals surface area contributed by atoms with E-state index in [-0.39, 0.29) is 11.8 Å². The zero-order chi connectivity index (χ0) is 11.4. The highest BCUT2D eigenvalue weighted by atomic mass is 16.2. The van der Waals surface area contributed by atoms with E-state index in [1.54, 1.807) is 19.2 Å².